The molecule has 4 heteroatoms. The Morgan fingerprint density at radius 1 is 1.26 bits per heavy atom. The van der Waals surface area contributed by atoms with Crippen LogP contribution in [0.1, 0.15) is 25.5 Å². The van der Waals surface area contributed by atoms with Gasteiger partial charge in [0, 0.05) is 12.6 Å². The van der Waals surface area contributed by atoms with Crippen molar-refractivity contribution in [2.45, 2.75) is 25.9 Å². The number of rotatable bonds is 7. The molecule has 0 heterocycles. The van der Waals surface area contributed by atoms with E-state index in [1.54, 1.807) is 0 Å². The van der Waals surface area contributed by atoms with Gasteiger partial charge in [-0.2, -0.15) is 0 Å². The Balaban J connectivity index is 2.85. The molecule has 0 bridgehead atoms. The van der Waals surface area contributed by atoms with Crippen LogP contribution in [0.5, 0.6) is 0 Å². The van der Waals surface area contributed by atoms with Crippen molar-refractivity contribution in [3.8, 4) is 0 Å². The Kier molecular flexibility index (Phi) is 5.99. The van der Waals surface area contributed by atoms with E-state index in [9.17, 15) is 9.90 Å². The standard InChI is InChI=1S/C15H24N2O2/c1-11(2)13(10-17(3)4)16-14(15(18)19)12-8-6-5-7-9-12/h5-9,11,13-14,16H,10H2,1-4H3,(H,18,19). The van der Waals surface area contributed by atoms with E-state index >= 15 is 0 Å². The van der Waals surface area contributed by atoms with Gasteiger partial charge in [-0.1, -0.05) is 44.2 Å². The van der Waals surface area contributed by atoms with Crippen LogP contribution < -0.4 is 5.32 Å². The Labute approximate surface area is 115 Å². The second-order valence-corrected chi connectivity index (χ2v) is 5.46. The van der Waals surface area contributed by atoms with Gasteiger partial charge in [-0.25, -0.2) is 0 Å². The molecule has 0 aliphatic rings. The third-order valence-electron chi connectivity index (χ3n) is 3.13. The van der Waals surface area contributed by atoms with Crippen LogP contribution in [-0.4, -0.2) is 42.7 Å². The van der Waals surface area contributed by atoms with Crippen LogP contribution in [-0.2, 0) is 4.79 Å². The lowest BCUT2D eigenvalue weighted by atomic mass is 10.00. The molecule has 2 N–H and O–H groups in total. The Morgan fingerprint density at radius 3 is 2.26 bits per heavy atom. The summed E-state index contributed by atoms with van der Waals surface area (Å²) in [6.07, 6.45) is 0. The van der Waals surface area contributed by atoms with E-state index in [1.165, 1.54) is 0 Å². The van der Waals surface area contributed by atoms with Gasteiger partial charge < -0.3 is 10.0 Å². The van der Waals surface area contributed by atoms with Gasteiger partial charge in [-0.3, -0.25) is 10.1 Å². The summed E-state index contributed by atoms with van der Waals surface area (Å²) in [6, 6.07) is 8.79. The van der Waals surface area contributed by atoms with Crippen LogP contribution in [0, 0.1) is 5.92 Å². The molecule has 0 fully saturated rings. The largest absolute Gasteiger partial charge is 0.480 e. The van der Waals surface area contributed by atoms with Gasteiger partial charge in [0.15, 0.2) is 0 Å². The number of benzene rings is 1. The zero-order valence-electron chi connectivity index (χ0n) is 12.1. The summed E-state index contributed by atoms with van der Waals surface area (Å²) in [4.78, 5) is 13.5. The van der Waals surface area contributed by atoms with Crippen molar-refractivity contribution in [2.75, 3.05) is 20.6 Å². The van der Waals surface area contributed by atoms with Crippen molar-refractivity contribution in [2.24, 2.45) is 5.92 Å². The van der Waals surface area contributed by atoms with Gasteiger partial charge in [0.1, 0.15) is 6.04 Å². The van der Waals surface area contributed by atoms with E-state index in [1.807, 2.05) is 44.4 Å². The van der Waals surface area contributed by atoms with Gasteiger partial charge >= 0.3 is 5.97 Å². The lowest BCUT2D eigenvalue weighted by molar-refractivity contribution is -0.140. The molecule has 0 saturated heterocycles. The minimum Gasteiger partial charge on any atom is -0.480 e. The molecule has 0 spiro atoms. The highest BCUT2D eigenvalue weighted by Crippen LogP contribution is 2.16. The average Bonchev–Trinajstić information content (AvgIpc) is 2.34. The van der Waals surface area contributed by atoms with E-state index < -0.39 is 12.0 Å². The molecule has 1 aromatic rings. The molecule has 0 saturated carbocycles. The van der Waals surface area contributed by atoms with Gasteiger partial charge in [-0.15, -0.1) is 0 Å². The number of hydrogen-bond acceptors (Lipinski definition) is 3. The van der Waals surface area contributed by atoms with Crippen molar-refractivity contribution >= 4 is 5.97 Å². The van der Waals surface area contributed by atoms with Crippen molar-refractivity contribution in [1.29, 1.82) is 0 Å². The number of carbonyl (C=O) groups is 1. The third kappa shape index (κ3) is 5.01. The maximum absolute atomic E-state index is 11.5. The highest BCUT2D eigenvalue weighted by Gasteiger charge is 2.25. The van der Waals surface area contributed by atoms with Gasteiger partial charge in [0.05, 0.1) is 0 Å². The van der Waals surface area contributed by atoms with Crippen LogP contribution in [0.3, 0.4) is 0 Å². The van der Waals surface area contributed by atoms with Crippen molar-refractivity contribution < 1.29 is 9.90 Å². The van der Waals surface area contributed by atoms with E-state index in [2.05, 4.69) is 24.1 Å². The van der Waals surface area contributed by atoms with Crippen molar-refractivity contribution in [1.82, 2.24) is 10.2 Å². The number of carboxylic acids is 1. The van der Waals surface area contributed by atoms with Crippen LogP contribution in [0.25, 0.3) is 0 Å². The summed E-state index contributed by atoms with van der Waals surface area (Å²) < 4.78 is 0. The summed E-state index contributed by atoms with van der Waals surface area (Å²) in [5.41, 5.74) is 0.791. The average molecular weight is 264 g/mol. The second kappa shape index (κ2) is 7.26. The second-order valence-electron chi connectivity index (χ2n) is 5.46. The molecule has 106 valence electrons. The maximum Gasteiger partial charge on any atom is 0.325 e. The summed E-state index contributed by atoms with van der Waals surface area (Å²) in [5, 5.41) is 12.7. The Bertz CT molecular complexity index is 390. The fraction of sp³-hybridized carbons (Fsp3) is 0.533. The fourth-order valence-electron chi connectivity index (χ4n) is 2.02. The smallest absolute Gasteiger partial charge is 0.325 e. The number of nitrogens with one attached hydrogen (secondary N) is 1. The molecule has 0 amide bonds. The molecular formula is C15H24N2O2. The molecule has 0 aromatic heterocycles. The predicted octanol–water partition coefficient (Wildman–Crippen LogP) is 1.99. The number of hydrogen-bond donors (Lipinski definition) is 2. The van der Waals surface area contributed by atoms with E-state index in [4.69, 9.17) is 0 Å². The first-order valence-corrected chi connectivity index (χ1v) is 6.60. The van der Waals surface area contributed by atoms with E-state index in [0.29, 0.717) is 5.92 Å². The minimum absolute atomic E-state index is 0.135. The van der Waals surface area contributed by atoms with Gasteiger partial charge in [0.25, 0.3) is 0 Å². The first kappa shape index (κ1) is 15.7. The number of nitrogens with zero attached hydrogens (tertiary/aromatic N) is 1. The van der Waals surface area contributed by atoms with Crippen LogP contribution in [0.15, 0.2) is 30.3 Å². The summed E-state index contributed by atoms with van der Waals surface area (Å²) in [6.45, 7) is 5.02. The third-order valence-corrected chi connectivity index (χ3v) is 3.13. The number of likely N-dealkylation sites (N-methyl/N-ethyl adjacent to an activating group) is 1. The monoisotopic (exact) mass is 264 g/mol. The Hall–Kier alpha value is -1.39. The minimum atomic E-state index is -0.837. The first-order valence-electron chi connectivity index (χ1n) is 6.60. The molecular weight excluding hydrogens is 240 g/mol. The molecule has 0 radical (unpaired) electrons. The molecule has 2 unspecified atom stereocenters. The van der Waals surface area contributed by atoms with Crippen LogP contribution in [0.4, 0.5) is 0 Å². The van der Waals surface area contributed by atoms with Crippen LogP contribution >= 0.6 is 0 Å². The zero-order chi connectivity index (χ0) is 14.4. The lowest BCUT2D eigenvalue weighted by Crippen LogP contribution is -2.45. The highest BCUT2D eigenvalue weighted by atomic mass is 16.4. The maximum atomic E-state index is 11.5. The molecule has 19 heavy (non-hydrogen) atoms. The summed E-state index contributed by atoms with van der Waals surface area (Å²) in [7, 11) is 3.99. The summed E-state index contributed by atoms with van der Waals surface area (Å²) >= 11 is 0. The SMILES string of the molecule is CC(C)C(CN(C)C)NC(C(=O)O)c1ccccc1. The lowest BCUT2D eigenvalue weighted by Gasteiger charge is -2.29. The normalized spacial score (nSPS) is 14.6. The van der Waals surface area contributed by atoms with Gasteiger partial charge in [0.2, 0.25) is 0 Å². The first-order chi connectivity index (χ1) is 8.91. The summed E-state index contributed by atoms with van der Waals surface area (Å²) in [5.74, 6) is -0.469. The Morgan fingerprint density at radius 2 is 1.84 bits per heavy atom. The van der Waals surface area contributed by atoms with E-state index in [-0.39, 0.29) is 6.04 Å². The molecule has 1 rings (SSSR count). The molecule has 0 aliphatic heterocycles. The van der Waals surface area contributed by atoms with Gasteiger partial charge in [-0.05, 0) is 25.6 Å². The quantitative estimate of drug-likeness (QED) is 0.791. The zero-order valence-corrected chi connectivity index (χ0v) is 12.1. The number of aliphatic carboxylic acids is 1. The predicted molar refractivity (Wildman–Crippen MR) is 77.1 cm³/mol. The number of carboxylic acid groups (broad SMARTS) is 1. The fourth-order valence-corrected chi connectivity index (χ4v) is 2.02. The van der Waals surface area contributed by atoms with Crippen molar-refractivity contribution in [3.05, 3.63) is 35.9 Å². The highest BCUT2D eigenvalue weighted by molar-refractivity contribution is 5.75. The van der Waals surface area contributed by atoms with Crippen molar-refractivity contribution in [3.63, 3.8) is 0 Å². The van der Waals surface area contributed by atoms with Crippen LogP contribution in [0.2, 0.25) is 0 Å². The molecule has 4 nitrogen and oxygen atoms in total. The topological polar surface area (TPSA) is 52.6 Å². The van der Waals surface area contributed by atoms with E-state index in [0.717, 1.165) is 12.1 Å². The molecule has 0 aliphatic carbocycles. The molecule has 1 aromatic carbocycles. The molecule has 2 atom stereocenters.